The molecular weight excluding hydrogens is 271 g/mol. The molecule has 0 radical (unpaired) electrons. The van der Waals surface area contributed by atoms with E-state index in [1.807, 2.05) is 6.92 Å². The van der Waals surface area contributed by atoms with Gasteiger partial charge >= 0.3 is 0 Å². The highest BCUT2D eigenvalue weighted by molar-refractivity contribution is 5.94. The molecule has 0 unspecified atom stereocenters. The Bertz CT molecular complexity index is 761. The summed E-state index contributed by atoms with van der Waals surface area (Å²) in [4.78, 5) is 24.2. The number of benzene rings is 1. The molecule has 2 aromatic rings. The van der Waals surface area contributed by atoms with Gasteiger partial charge in [-0.15, -0.1) is 0 Å². The van der Waals surface area contributed by atoms with Crippen molar-refractivity contribution in [2.24, 2.45) is 5.73 Å². The first-order valence-electron chi connectivity index (χ1n) is 6.69. The van der Waals surface area contributed by atoms with Gasteiger partial charge in [-0.25, -0.2) is 4.39 Å². The van der Waals surface area contributed by atoms with Crippen LogP contribution in [0.2, 0.25) is 0 Å². The van der Waals surface area contributed by atoms with Crippen LogP contribution < -0.4 is 11.3 Å². The number of carbonyl (C=O) groups is 1. The molecule has 0 saturated carbocycles. The fourth-order valence-corrected chi connectivity index (χ4v) is 2.69. The molecule has 110 valence electrons. The lowest BCUT2D eigenvalue weighted by atomic mass is 9.99. The van der Waals surface area contributed by atoms with Gasteiger partial charge < -0.3 is 5.73 Å². The van der Waals surface area contributed by atoms with Crippen molar-refractivity contribution in [3.05, 3.63) is 62.8 Å². The molecule has 0 spiro atoms. The van der Waals surface area contributed by atoms with Crippen LogP contribution in [0.3, 0.4) is 0 Å². The van der Waals surface area contributed by atoms with Gasteiger partial charge in [-0.2, -0.15) is 0 Å². The zero-order chi connectivity index (χ0) is 15.7. The van der Waals surface area contributed by atoms with Crippen molar-refractivity contribution in [2.45, 2.75) is 27.2 Å². The molecule has 4 nitrogen and oxygen atoms in total. The Morgan fingerprint density at radius 1 is 1.24 bits per heavy atom. The number of nitrogens with zero attached hydrogens (tertiary/aromatic N) is 1. The number of hydrogen-bond donors (Lipinski definition) is 1. The van der Waals surface area contributed by atoms with E-state index in [1.54, 1.807) is 13.8 Å². The summed E-state index contributed by atoms with van der Waals surface area (Å²) >= 11 is 0. The molecule has 0 aliphatic carbocycles. The zero-order valence-electron chi connectivity index (χ0n) is 12.2. The number of halogens is 1. The molecule has 1 amide bonds. The summed E-state index contributed by atoms with van der Waals surface area (Å²) in [5.74, 6) is -1.13. The van der Waals surface area contributed by atoms with Gasteiger partial charge in [0.25, 0.3) is 11.5 Å². The first-order valence-corrected chi connectivity index (χ1v) is 6.69. The second-order valence-corrected chi connectivity index (χ2v) is 4.90. The van der Waals surface area contributed by atoms with E-state index in [0.717, 1.165) is 11.3 Å². The highest BCUT2D eigenvalue weighted by Gasteiger charge is 2.20. The summed E-state index contributed by atoms with van der Waals surface area (Å²) in [7, 11) is 0. The summed E-state index contributed by atoms with van der Waals surface area (Å²) < 4.78 is 14.5. The molecule has 2 N–H and O–H groups in total. The Labute approximate surface area is 122 Å². The zero-order valence-corrected chi connectivity index (χ0v) is 12.2. The fraction of sp³-hybridized carbons (Fsp3) is 0.250. The van der Waals surface area contributed by atoms with Crippen molar-refractivity contribution in [2.75, 3.05) is 0 Å². The van der Waals surface area contributed by atoms with Gasteiger partial charge in [0.05, 0.1) is 0 Å². The minimum Gasteiger partial charge on any atom is -0.365 e. The molecule has 2 rings (SSSR count). The van der Waals surface area contributed by atoms with E-state index in [4.69, 9.17) is 5.73 Å². The molecule has 21 heavy (non-hydrogen) atoms. The third kappa shape index (κ3) is 2.46. The number of hydrogen-bond acceptors (Lipinski definition) is 2. The van der Waals surface area contributed by atoms with E-state index in [-0.39, 0.29) is 11.4 Å². The smallest absolute Gasteiger partial charge is 0.268 e. The molecule has 1 heterocycles. The topological polar surface area (TPSA) is 65.1 Å². The maximum atomic E-state index is 13.1. The van der Waals surface area contributed by atoms with Crippen LogP contribution in [0.25, 0.3) is 5.69 Å². The predicted molar refractivity (Wildman–Crippen MR) is 79.4 cm³/mol. The van der Waals surface area contributed by atoms with Crippen LogP contribution >= 0.6 is 0 Å². The van der Waals surface area contributed by atoms with Crippen LogP contribution in [-0.4, -0.2) is 10.5 Å². The number of aromatic nitrogens is 1. The number of pyridine rings is 1. The van der Waals surface area contributed by atoms with Gasteiger partial charge in [-0.3, -0.25) is 14.2 Å². The summed E-state index contributed by atoms with van der Waals surface area (Å²) in [6, 6.07) is 5.56. The minimum atomic E-state index is -0.747. The molecule has 1 aromatic carbocycles. The fourth-order valence-electron chi connectivity index (χ4n) is 2.69. The van der Waals surface area contributed by atoms with Gasteiger partial charge in [0.1, 0.15) is 11.4 Å². The lowest BCUT2D eigenvalue weighted by Gasteiger charge is -2.18. The van der Waals surface area contributed by atoms with Crippen LogP contribution in [0, 0.1) is 19.7 Å². The number of amides is 1. The van der Waals surface area contributed by atoms with Crippen molar-refractivity contribution in [1.29, 1.82) is 0 Å². The van der Waals surface area contributed by atoms with E-state index < -0.39 is 11.5 Å². The highest BCUT2D eigenvalue weighted by Crippen LogP contribution is 2.19. The molecular formula is C16H17FN2O2. The Morgan fingerprint density at radius 2 is 1.81 bits per heavy atom. The molecule has 1 aromatic heterocycles. The van der Waals surface area contributed by atoms with Crippen LogP contribution in [0.5, 0.6) is 0 Å². The van der Waals surface area contributed by atoms with E-state index in [9.17, 15) is 14.0 Å². The maximum absolute atomic E-state index is 13.1. The van der Waals surface area contributed by atoms with Crippen LogP contribution in [-0.2, 0) is 6.42 Å². The predicted octanol–water partition coefficient (Wildman–Crippen LogP) is 2.25. The van der Waals surface area contributed by atoms with E-state index >= 15 is 0 Å². The monoisotopic (exact) mass is 288 g/mol. The highest BCUT2D eigenvalue weighted by atomic mass is 19.1. The quantitative estimate of drug-likeness (QED) is 0.941. The summed E-state index contributed by atoms with van der Waals surface area (Å²) in [5, 5.41) is 0. The first kappa shape index (κ1) is 15.0. The van der Waals surface area contributed by atoms with Crippen molar-refractivity contribution in [3.8, 4) is 5.69 Å². The van der Waals surface area contributed by atoms with Crippen molar-refractivity contribution in [3.63, 3.8) is 0 Å². The van der Waals surface area contributed by atoms with Crippen LogP contribution in [0.1, 0.15) is 34.1 Å². The first-order chi connectivity index (χ1) is 9.88. The Balaban J connectivity index is 2.89. The number of rotatable bonds is 3. The van der Waals surface area contributed by atoms with Crippen LogP contribution in [0.15, 0.2) is 29.1 Å². The molecule has 0 aliphatic rings. The molecule has 5 heteroatoms. The Hall–Kier alpha value is -2.43. The van der Waals surface area contributed by atoms with Gasteiger partial charge in [-0.05, 0) is 55.7 Å². The van der Waals surface area contributed by atoms with Gasteiger partial charge in [0, 0.05) is 11.4 Å². The largest absolute Gasteiger partial charge is 0.365 e. The molecule has 0 fully saturated rings. The average molecular weight is 288 g/mol. The normalized spacial score (nSPS) is 10.7. The van der Waals surface area contributed by atoms with Gasteiger partial charge in [0.2, 0.25) is 0 Å². The summed E-state index contributed by atoms with van der Waals surface area (Å²) in [6.45, 7) is 5.48. The summed E-state index contributed by atoms with van der Waals surface area (Å²) in [6.07, 6.45) is 0.666. The van der Waals surface area contributed by atoms with E-state index in [2.05, 4.69) is 0 Å². The SMILES string of the molecule is CCc1c(C)c(C(N)=O)c(=O)n(-c2ccc(F)cc2)c1C. The number of primary amides is 1. The van der Waals surface area contributed by atoms with Gasteiger partial charge in [-0.1, -0.05) is 6.92 Å². The number of nitrogens with two attached hydrogens (primary N) is 1. The van der Waals surface area contributed by atoms with Crippen LogP contribution in [0.4, 0.5) is 4.39 Å². The molecule has 0 bridgehead atoms. The standard InChI is InChI=1S/C16H17FN2O2/c1-4-13-9(2)14(15(18)20)16(21)19(10(13)3)12-7-5-11(17)6-8-12/h5-8H,4H2,1-3H3,(H2,18,20). The third-order valence-electron chi connectivity index (χ3n) is 3.70. The van der Waals surface area contributed by atoms with Crippen molar-refractivity contribution in [1.82, 2.24) is 4.57 Å². The minimum absolute atomic E-state index is 0.0122. The number of carbonyl (C=O) groups excluding carboxylic acids is 1. The van der Waals surface area contributed by atoms with E-state index in [1.165, 1.54) is 28.8 Å². The molecule has 0 saturated heterocycles. The third-order valence-corrected chi connectivity index (χ3v) is 3.70. The lowest BCUT2D eigenvalue weighted by molar-refractivity contribution is 0.0998. The van der Waals surface area contributed by atoms with Crippen molar-refractivity contribution >= 4 is 5.91 Å². The molecule has 0 atom stereocenters. The Morgan fingerprint density at radius 3 is 2.29 bits per heavy atom. The Kier molecular flexibility index (Phi) is 3.93. The lowest BCUT2D eigenvalue weighted by Crippen LogP contribution is -2.32. The average Bonchev–Trinajstić information content (AvgIpc) is 2.41. The van der Waals surface area contributed by atoms with Gasteiger partial charge in [0.15, 0.2) is 0 Å². The van der Waals surface area contributed by atoms with E-state index in [0.29, 0.717) is 17.7 Å². The maximum Gasteiger partial charge on any atom is 0.268 e. The second-order valence-electron chi connectivity index (χ2n) is 4.90. The van der Waals surface area contributed by atoms with Crippen molar-refractivity contribution < 1.29 is 9.18 Å². The molecule has 0 aliphatic heterocycles. The summed E-state index contributed by atoms with van der Waals surface area (Å²) in [5.41, 5.74) is 7.62. The second kappa shape index (κ2) is 5.52.